The van der Waals surface area contributed by atoms with Gasteiger partial charge >= 0.3 is 6.03 Å². The van der Waals surface area contributed by atoms with Crippen molar-refractivity contribution in [2.45, 2.75) is 32.4 Å². The summed E-state index contributed by atoms with van der Waals surface area (Å²) in [5.41, 5.74) is 6.41. The van der Waals surface area contributed by atoms with Crippen molar-refractivity contribution in [3.63, 3.8) is 0 Å². The minimum absolute atomic E-state index is 0.183. The molecule has 3 amide bonds. The lowest BCUT2D eigenvalue weighted by Gasteiger charge is -2.12. The lowest BCUT2D eigenvalue weighted by molar-refractivity contribution is 0.102. The summed E-state index contributed by atoms with van der Waals surface area (Å²) in [6, 6.07) is 28.4. The van der Waals surface area contributed by atoms with Crippen LogP contribution in [0.3, 0.4) is 0 Å². The van der Waals surface area contributed by atoms with E-state index in [-0.39, 0.29) is 11.9 Å². The Morgan fingerprint density at radius 3 is 2.07 bits per heavy atom. The molecule has 1 aliphatic carbocycles. The van der Waals surface area contributed by atoms with E-state index in [0.29, 0.717) is 28.8 Å². The van der Waals surface area contributed by atoms with Crippen molar-refractivity contribution in [1.29, 1.82) is 0 Å². The Balaban J connectivity index is 1.10. The molecule has 9 nitrogen and oxygen atoms in total. The maximum absolute atomic E-state index is 12.9. The van der Waals surface area contributed by atoms with Gasteiger partial charge in [-0.15, -0.1) is 0 Å². The van der Waals surface area contributed by atoms with Gasteiger partial charge in [-0.1, -0.05) is 29.8 Å². The summed E-state index contributed by atoms with van der Waals surface area (Å²) in [7, 11) is 0. The van der Waals surface area contributed by atoms with E-state index >= 15 is 0 Å². The number of aryl methyl sites for hydroxylation is 1. The third-order valence-electron chi connectivity index (χ3n) is 7.00. The van der Waals surface area contributed by atoms with Crippen LogP contribution in [-0.2, 0) is 6.54 Å². The minimum Gasteiger partial charge on any atom is -0.340 e. The first kappa shape index (κ1) is 26.9. The highest BCUT2D eigenvalue weighted by atomic mass is 16.2. The van der Waals surface area contributed by atoms with Crippen LogP contribution in [0.15, 0.2) is 97.3 Å². The van der Waals surface area contributed by atoms with E-state index in [0.717, 1.165) is 39.9 Å². The van der Waals surface area contributed by atoms with Crippen molar-refractivity contribution >= 4 is 51.4 Å². The van der Waals surface area contributed by atoms with Gasteiger partial charge in [0.2, 0.25) is 0 Å². The predicted octanol–water partition coefficient (Wildman–Crippen LogP) is 6.83. The SMILES string of the molecule is Cc1ccc(NC(=O)Nc2ccc(Nc3ncnc4ccc(NC(=O)c5ccc(CNC6CC6)cc5)cc34)cc2)cc1. The molecule has 1 heterocycles. The second kappa shape index (κ2) is 12.1. The van der Waals surface area contributed by atoms with Gasteiger partial charge < -0.3 is 26.6 Å². The molecule has 1 aromatic heterocycles. The number of carbonyl (C=O) groups excluding carboxylic acids is 2. The number of nitrogens with zero attached hydrogens (tertiary/aromatic N) is 2. The van der Waals surface area contributed by atoms with Crippen LogP contribution in [0.25, 0.3) is 10.9 Å². The first-order valence-electron chi connectivity index (χ1n) is 13.9. The van der Waals surface area contributed by atoms with Crippen molar-refractivity contribution < 1.29 is 9.59 Å². The van der Waals surface area contributed by atoms with Crippen molar-refractivity contribution in [1.82, 2.24) is 15.3 Å². The number of rotatable bonds is 9. The van der Waals surface area contributed by atoms with Gasteiger partial charge in [0.25, 0.3) is 5.91 Å². The van der Waals surface area contributed by atoms with Crippen molar-refractivity contribution in [2.75, 3.05) is 21.3 Å². The molecule has 42 heavy (non-hydrogen) atoms. The average molecular weight is 558 g/mol. The highest BCUT2D eigenvalue weighted by Crippen LogP contribution is 2.27. The molecule has 0 atom stereocenters. The first-order valence-corrected chi connectivity index (χ1v) is 13.9. The quantitative estimate of drug-likeness (QED) is 0.136. The van der Waals surface area contributed by atoms with Crippen molar-refractivity contribution in [2.24, 2.45) is 0 Å². The van der Waals surface area contributed by atoms with Crippen LogP contribution < -0.4 is 26.6 Å². The maximum Gasteiger partial charge on any atom is 0.323 e. The second-order valence-electron chi connectivity index (χ2n) is 10.4. The molecule has 210 valence electrons. The minimum atomic E-state index is -0.322. The fraction of sp³-hybridized carbons (Fsp3) is 0.152. The average Bonchev–Trinajstić information content (AvgIpc) is 3.84. The molecule has 0 bridgehead atoms. The van der Waals surface area contributed by atoms with Gasteiger partial charge in [-0.2, -0.15) is 0 Å². The number of hydrogen-bond donors (Lipinski definition) is 5. The molecule has 5 N–H and O–H groups in total. The largest absolute Gasteiger partial charge is 0.340 e. The van der Waals surface area contributed by atoms with Gasteiger partial charge in [-0.3, -0.25) is 4.79 Å². The van der Waals surface area contributed by atoms with E-state index in [1.165, 1.54) is 19.2 Å². The fourth-order valence-electron chi connectivity index (χ4n) is 4.46. The molecule has 1 saturated carbocycles. The molecule has 1 aliphatic rings. The summed E-state index contributed by atoms with van der Waals surface area (Å²) in [4.78, 5) is 34.1. The fourth-order valence-corrected chi connectivity index (χ4v) is 4.46. The number of anilines is 5. The Morgan fingerprint density at radius 1 is 0.738 bits per heavy atom. The highest BCUT2D eigenvalue weighted by Gasteiger charge is 2.20. The summed E-state index contributed by atoms with van der Waals surface area (Å²) >= 11 is 0. The monoisotopic (exact) mass is 557 g/mol. The normalized spacial score (nSPS) is 12.5. The van der Waals surface area contributed by atoms with E-state index in [9.17, 15) is 9.59 Å². The molecule has 4 aromatic carbocycles. The van der Waals surface area contributed by atoms with Gasteiger partial charge in [0, 0.05) is 46.3 Å². The number of fused-ring (bicyclic) bond motifs is 1. The van der Waals surface area contributed by atoms with Crippen LogP contribution in [0.2, 0.25) is 0 Å². The molecule has 0 aliphatic heterocycles. The smallest absolute Gasteiger partial charge is 0.323 e. The number of amides is 3. The van der Waals surface area contributed by atoms with E-state index in [4.69, 9.17) is 0 Å². The van der Waals surface area contributed by atoms with Crippen LogP contribution in [0.4, 0.5) is 33.4 Å². The molecule has 0 saturated heterocycles. The summed E-state index contributed by atoms with van der Waals surface area (Å²) in [6.07, 6.45) is 3.98. The van der Waals surface area contributed by atoms with E-state index in [1.54, 1.807) is 12.1 Å². The topological polar surface area (TPSA) is 120 Å². The molecular formula is C33H31N7O2. The summed E-state index contributed by atoms with van der Waals surface area (Å²) in [6.45, 7) is 2.81. The number of benzene rings is 4. The summed E-state index contributed by atoms with van der Waals surface area (Å²) in [5.74, 6) is 0.415. The van der Waals surface area contributed by atoms with Crippen molar-refractivity contribution in [3.05, 3.63) is 114 Å². The van der Waals surface area contributed by atoms with E-state index < -0.39 is 0 Å². The molecule has 5 aromatic rings. The van der Waals surface area contributed by atoms with Crippen LogP contribution in [0.1, 0.15) is 34.3 Å². The Kier molecular flexibility index (Phi) is 7.74. The second-order valence-corrected chi connectivity index (χ2v) is 10.4. The number of nitrogens with one attached hydrogen (secondary N) is 5. The molecule has 1 fully saturated rings. The van der Waals surface area contributed by atoms with Gasteiger partial charge in [0.15, 0.2) is 0 Å². The molecule has 0 radical (unpaired) electrons. The zero-order chi connectivity index (χ0) is 28.9. The third-order valence-corrected chi connectivity index (χ3v) is 7.00. The van der Waals surface area contributed by atoms with Gasteiger partial charge in [-0.05, 0) is 92.1 Å². The van der Waals surface area contributed by atoms with E-state index in [2.05, 4.69) is 36.6 Å². The van der Waals surface area contributed by atoms with Gasteiger partial charge in [0.1, 0.15) is 12.1 Å². The Morgan fingerprint density at radius 2 is 1.38 bits per heavy atom. The van der Waals surface area contributed by atoms with Crippen LogP contribution in [0, 0.1) is 6.92 Å². The zero-order valence-electron chi connectivity index (χ0n) is 23.1. The Bertz CT molecular complexity index is 1720. The zero-order valence-corrected chi connectivity index (χ0v) is 23.1. The molecular weight excluding hydrogens is 526 g/mol. The van der Waals surface area contributed by atoms with Crippen molar-refractivity contribution in [3.8, 4) is 0 Å². The Hall–Kier alpha value is -5.28. The molecule has 9 heteroatoms. The summed E-state index contributed by atoms with van der Waals surface area (Å²) in [5, 5.41) is 16.2. The van der Waals surface area contributed by atoms with Crippen LogP contribution in [0.5, 0.6) is 0 Å². The number of carbonyl (C=O) groups is 2. The van der Waals surface area contributed by atoms with Crippen LogP contribution in [-0.4, -0.2) is 27.9 Å². The summed E-state index contributed by atoms with van der Waals surface area (Å²) < 4.78 is 0. The standard InChI is InChI=1S/C33H31N7O2/c1-21-2-8-26(9-3-21)39-33(42)40-27-14-12-25(13-15-27)37-31-29-18-28(16-17-30(29)35-20-36-31)38-32(41)23-6-4-22(5-7-23)19-34-24-10-11-24/h2-9,12-18,20,24,34H,10-11,19H2,1H3,(H,38,41)(H,35,36,37)(H2,39,40,42). The third kappa shape index (κ3) is 6.89. The molecule has 0 spiro atoms. The maximum atomic E-state index is 12.9. The van der Waals surface area contributed by atoms with E-state index in [1.807, 2.05) is 85.8 Å². The predicted molar refractivity (Wildman–Crippen MR) is 167 cm³/mol. The van der Waals surface area contributed by atoms with Gasteiger partial charge in [0.05, 0.1) is 5.52 Å². The number of urea groups is 1. The number of aromatic nitrogens is 2. The first-order chi connectivity index (χ1) is 20.5. The molecule has 6 rings (SSSR count). The number of hydrogen-bond acceptors (Lipinski definition) is 6. The van der Waals surface area contributed by atoms with Crippen LogP contribution >= 0.6 is 0 Å². The molecule has 0 unspecified atom stereocenters. The lowest BCUT2D eigenvalue weighted by atomic mass is 10.1. The van der Waals surface area contributed by atoms with Gasteiger partial charge in [-0.25, -0.2) is 14.8 Å². The lowest BCUT2D eigenvalue weighted by Crippen LogP contribution is -2.19. The Labute approximate surface area is 243 Å². The highest BCUT2D eigenvalue weighted by molar-refractivity contribution is 6.06.